The van der Waals surface area contributed by atoms with E-state index in [1.54, 1.807) is 18.2 Å². The SMILES string of the molecule is O=C=NC1(c2ccc3c(c2O)OCCCO3)CCC1. The van der Waals surface area contributed by atoms with Crippen LogP contribution in [0.15, 0.2) is 17.1 Å². The second-order valence-electron chi connectivity index (χ2n) is 4.93. The van der Waals surface area contributed by atoms with Crippen molar-refractivity contribution in [2.45, 2.75) is 31.2 Å². The minimum atomic E-state index is -0.628. The average molecular weight is 261 g/mol. The number of nitrogens with zero attached hydrogens (tertiary/aromatic N) is 1. The molecular formula is C14H15NO4. The molecule has 1 aromatic rings. The van der Waals surface area contributed by atoms with Crippen molar-refractivity contribution in [1.82, 2.24) is 0 Å². The van der Waals surface area contributed by atoms with Gasteiger partial charge >= 0.3 is 0 Å². The molecule has 5 heteroatoms. The number of hydrogen-bond donors (Lipinski definition) is 1. The predicted octanol–water partition coefficient (Wildman–Crippen LogP) is 2.27. The molecule has 1 aliphatic heterocycles. The van der Waals surface area contributed by atoms with Crippen molar-refractivity contribution in [2.75, 3.05) is 13.2 Å². The summed E-state index contributed by atoms with van der Waals surface area (Å²) in [5, 5.41) is 10.4. The first-order chi connectivity index (χ1) is 9.27. The van der Waals surface area contributed by atoms with Crippen molar-refractivity contribution in [1.29, 1.82) is 0 Å². The van der Waals surface area contributed by atoms with Gasteiger partial charge in [0.25, 0.3) is 0 Å². The molecule has 0 aromatic heterocycles. The number of fused-ring (bicyclic) bond motifs is 1. The summed E-state index contributed by atoms with van der Waals surface area (Å²) in [4.78, 5) is 14.5. The van der Waals surface area contributed by atoms with Gasteiger partial charge in [0.1, 0.15) is 5.54 Å². The van der Waals surface area contributed by atoms with Gasteiger partial charge in [0.2, 0.25) is 11.8 Å². The quantitative estimate of drug-likeness (QED) is 0.655. The number of hydrogen-bond acceptors (Lipinski definition) is 5. The molecule has 0 unspecified atom stereocenters. The molecule has 0 atom stereocenters. The van der Waals surface area contributed by atoms with Gasteiger partial charge in [-0.25, -0.2) is 4.79 Å². The molecule has 1 aromatic carbocycles. The third kappa shape index (κ3) is 1.87. The van der Waals surface area contributed by atoms with E-state index in [4.69, 9.17) is 9.47 Å². The zero-order valence-electron chi connectivity index (χ0n) is 10.5. The largest absolute Gasteiger partial charge is 0.504 e. The Bertz CT molecular complexity index is 545. The third-order valence-electron chi connectivity index (χ3n) is 3.83. The predicted molar refractivity (Wildman–Crippen MR) is 67.4 cm³/mol. The number of rotatable bonds is 2. The van der Waals surface area contributed by atoms with Crippen LogP contribution in [-0.4, -0.2) is 24.4 Å². The molecule has 2 aliphatic rings. The van der Waals surface area contributed by atoms with Gasteiger partial charge in [0.15, 0.2) is 11.5 Å². The van der Waals surface area contributed by atoms with Gasteiger partial charge in [0.05, 0.1) is 13.2 Å². The van der Waals surface area contributed by atoms with Crippen molar-refractivity contribution in [2.24, 2.45) is 4.99 Å². The van der Waals surface area contributed by atoms with E-state index in [1.165, 1.54) is 0 Å². The molecule has 0 amide bonds. The first-order valence-electron chi connectivity index (χ1n) is 6.48. The van der Waals surface area contributed by atoms with Crippen LogP contribution in [0.25, 0.3) is 0 Å². The molecule has 1 N–H and O–H groups in total. The number of phenolic OH excluding ortho intramolecular Hbond substituents is 1. The molecule has 1 heterocycles. The number of benzene rings is 1. The maximum absolute atomic E-state index is 10.6. The Labute approximate surface area is 110 Å². The fourth-order valence-corrected chi connectivity index (χ4v) is 2.64. The third-order valence-corrected chi connectivity index (χ3v) is 3.83. The van der Waals surface area contributed by atoms with Gasteiger partial charge in [-0.05, 0) is 31.4 Å². The highest BCUT2D eigenvalue weighted by Gasteiger charge is 2.42. The number of phenols is 1. The number of ether oxygens (including phenoxy) is 2. The molecule has 1 fully saturated rings. The summed E-state index contributed by atoms with van der Waals surface area (Å²) in [7, 11) is 0. The number of carbonyl (C=O) groups excluding carboxylic acids is 1. The lowest BCUT2D eigenvalue weighted by Gasteiger charge is -2.37. The molecule has 1 aliphatic carbocycles. The van der Waals surface area contributed by atoms with E-state index in [9.17, 15) is 9.90 Å². The summed E-state index contributed by atoms with van der Waals surface area (Å²) in [5.41, 5.74) is 0.00243. The fourth-order valence-electron chi connectivity index (χ4n) is 2.64. The summed E-state index contributed by atoms with van der Waals surface area (Å²) in [6, 6.07) is 3.54. The normalized spacial score (nSPS) is 19.8. The number of aliphatic imine (C=N–C) groups is 1. The van der Waals surface area contributed by atoms with E-state index in [2.05, 4.69) is 4.99 Å². The van der Waals surface area contributed by atoms with E-state index in [0.29, 0.717) is 30.3 Å². The van der Waals surface area contributed by atoms with E-state index in [-0.39, 0.29) is 5.75 Å². The molecule has 3 rings (SSSR count). The van der Waals surface area contributed by atoms with Gasteiger partial charge in [-0.1, -0.05) is 0 Å². The van der Waals surface area contributed by atoms with Crippen LogP contribution in [0.4, 0.5) is 0 Å². The minimum absolute atomic E-state index is 0.0399. The molecule has 100 valence electrons. The molecule has 19 heavy (non-hydrogen) atoms. The molecule has 1 saturated carbocycles. The summed E-state index contributed by atoms with van der Waals surface area (Å²) < 4.78 is 11.1. The van der Waals surface area contributed by atoms with Crippen molar-refractivity contribution in [3.63, 3.8) is 0 Å². The highest BCUT2D eigenvalue weighted by Crippen LogP contribution is 2.52. The lowest BCUT2D eigenvalue weighted by Crippen LogP contribution is -2.32. The topological polar surface area (TPSA) is 68.1 Å². The van der Waals surface area contributed by atoms with Gasteiger partial charge in [-0.15, -0.1) is 0 Å². The molecule has 5 nitrogen and oxygen atoms in total. The second-order valence-corrected chi connectivity index (χ2v) is 4.93. The van der Waals surface area contributed by atoms with Gasteiger partial charge in [0, 0.05) is 12.0 Å². The Kier molecular flexibility index (Phi) is 2.91. The Hall–Kier alpha value is -2.00. The lowest BCUT2D eigenvalue weighted by molar-refractivity contribution is 0.241. The average Bonchev–Trinajstić information content (AvgIpc) is 2.61. The highest BCUT2D eigenvalue weighted by molar-refractivity contribution is 5.58. The Morgan fingerprint density at radius 3 is 2.68 bits per heavy atom. The smallest absolute Gasteiger partial charge is 0.235 e. The van der Waals surface area contributed by atoms with Crippen molar-refractivity contribution < 1.29 is 19.4 Å². The van der Waals surface area contributed by atoms with Crippen LogP contribution in [-0.2, 0) is 10.3 Å². The minimum Gasteiger partial charge on any atom is -0.504 e. The Morgan fingerprint density at radius 2 is 2.00 bits per heavy atom. The van der Waals surface area contributed by atoms with E-state index < -0.39 is 5.54 Å². The van der Waals surface area contributed by atoms with Gasteiger partial charge in [-0.2, -0.15) is 4.99 Å². The van der Waals surface area contributed by atoms with Crippen LogP contribution in [0.1, 0.15) is 31.2 Å². The van der Waals surface area contributed by atoms with Crippen LogP contribution in [0.2, 0.25) is 0 Å². The van der Waals surface area contributed by atoms with Gasteiger partial charge < -0.3 is 14.6 Å². The summed E-state index contributed by atoms with van der Waals surface area (Å²) >= 11 is 0. The van der Waals surface area contributed by atoms with E-state index in [0.717, 1.165) is 25.7 Å². The molecule has 0 spiro atoms. The molecule has 0 bridgehead atoms. The van der Waals surface area contributed by atoms with Crippen LogP contribution >= 0.6 is 0 Å². The van der Waals surface area contributed by atoms with Crippen molar-refractivity contribution >= 4 is 6.08 Å². The van der Waals surface area contributed by atoms with E-state index in [1.807, 2.05) is 0 Å². The molecule has 0 saturated heterocycles. The van der Waals surface area contributed by atoms with Crippen LogP contribution in [0, 0.1) is 0 Å². The van der Waals surface area contributed by atoms with Crippen molar-refractivity contribution in [3.8, 4) is 17.2 Å². The Morgan fingerprint density at radius 1 is 1.21 bits per heavy atom. The van der Waals surface area contributed by atoms with Gasteiger partial charge in [-0.3, -0.25) is 0 Å². The molecule has 0 radical (unpaired) electrons. The van der Waals surface area contributed by atoms with Crippen LogP contribution in [0.5, 0.6) is 17.2 Å². The first kappa shape index (κ1) is 12.1. The number of isocyanates is 1. The summed E-state index contributed by atoms with van der Waals surface area (Å²) in [6.07, 6.45) is 4.88. The fraction of sp³-hybridized carbons (Fsp3) is 0.500. The highest BCUT2D eigenvalue weighted by atomic mass is 16.5. The maximum Gasteiger partial charge on any atom is 0.235 e. The lowest BCUT2D eigenvalue weighted by atomic mass is 9.72. The monoisotopic (exact) mass is 261 g/mol. The van der Waals surface area contributed by atoms with Crippen molar-refractivity contribution in [3.05, 3.63) is 17.7 Å². The maximum atomic E-state index is 10.6. The number of aromatic hydroxyl groups is 1. The standard InChI is InChI=1S/C14H15NO4/c16-9-15-14(5-1-6-14)10-3-4-11-13(12(10)17)19-8-2-7-18-11/h3-4,17H,1-2,5-8H2. The first-order valence-corrected chi connectivity index (χ1v) is 6.48. The van der Waals surface area contributed by atoms with Crippen LogP contribution in [0.3, 0.4) is 0 Å². The second kappa shape index (κ2) is 4.59. The summed E-state index contributed by atoms with van der Waals surface area (Å²) in [6.45, 7) is 1.08. The zero-order chi connectivity index (χ0) is 13.3. The van der Waals surface area contributed by atoms with E-state index >= 15 is 0 Å². The van der Waals surface area contributed by atoms with Crippen LogP contribution < -0.4 is 9.47 Å². The molecular weight excluding hydrogens is 246 g/mol. The Balaban J connectivity index is 2.08. The summed E-state index contributed by atoms with van der Waals surface area (Å²) in [5.74, 6) is 0.948. The zero-order valence-corrected chi connectivity index (χ0v) is 10.5.